The van der Waals surface area contributed by atoms with Crippen LogP contribution in [0, 0.1) is 6.92 Å². The third-order valence-electron chi connectivity index (χ3n) is 2.54. The lowest BCUT2D eigenvalue weighted by atomic mass is 10.4. The van der Waals surface area contributed by atoms with E-state index < -0.39 is 0 Å². The first-order valence-corrected chi connectivity index (χ1v) is 9.24. The van der Waals surface area contributed by atoms with E-state index in [2.05, 4.69) is 22.4 Å². The van der Waals surface area contributed by atoms with Crippen molar-refractivity contribution in [3.8, 4) is 0 Å². The van der Waals surface area contributed by atoms with Crippen LogP contribution in [-0.4, -0.2) is 28.9 Å². The van der Waals surface area contributed by atoms with Gasteiger partial charge in [-0.2, -0.15) is 0 Å². The molecule has 7 heteroatoms. The summed E-state index contributed by atoms with van der Waals surface area (Å²) in [6, 6.07) is 10.2. The van der Waals surface area contributed by atoms with Crippen molar-refractivity contribution >= 4 is 45.9 Å². The van der Waals surface area contributed by atoms with Gasteiger partial charge in [0.2, 0.25) is 5.91 Å². The third kappa shape index (κ3) is 5.61. The van der Waals surface area contributed by atoms with E-state index in [1.807, 2.05) is 25.1 Å². The molecular weight excluding hydrogens is 322 g/mol. The number of rotatable bonds is 7. The van der Waals surface area contributed by atoms with Crippen molar-refractivity contribution in [1.82, 2.24) is 10.3 Å². The van der Waals surface area contributed by atoms with Crippen LogP contribution < -0.4 is 11.1 Å². The topological polar surface area (TPSA) is 68.0 Å². The van der Waals surface area contributed by atoms with Crippen LogP contribution in [0.25, 0.3) is 0 Å². The van der Waals surface area contributed by atoms with Crippen LogP contribution >= 0.6 is 34.9 Å². The van der Waals surface area contributed by atoms with E-state index in [4.69, 9.17) is 5.73 Å². The zero-order valence-corrected chi connectivity index (χ0v) is 14.1. The zero-order chi connectivity index (χ0) is 15.1. The molecule has 0 spiro atoms. The molecule has 0 bridgehead atoms. The van der Waals surface area contributed by atoms with Gasteiger partial charge < -0.3 is 11.1 Å². The van der Waals surface area contributed by atoms with Crippen molar-refractivity contribution in [2.45, 2.75) is 16.0 Å². The van der Waals surface area contributed by atoms with E-state index in [0.29, 0.717) is 17.4 Å². The molecule has 4 nitrogen and oxygen atoms in total. The highest BCUT2D eigenvalue weighted by molar-refractivity contribution is 8.01. The van der Waals surface area contributed by atoms with Crippen molar-refractivity contribution in [2.24, 2.45) is 0 Å². The fourth-order valence-electron chi connectivity index (χ4n) is 1.59. The second-order valence-corrected chi connectivity index (χ2v) is 7.67. The van der Waals surface area contributed by atoms with Crippen molar-refractivity contribution in [2.75, 3.05) is 23.8 Å². The lowest BCUT2D eigenvalue weighted by Gasteiger charge is -2.04. The Labute approximate surface area is 136 Å². The number of aryl methyl sites for hydroxylation is 1. The number of nitrogens with two attached hydrogens (primary N) is 1. The van der Waals surface area contributed by atoms with E-state index in [9.17, 15) is 4.79 Å². The van der Waals surface area contributed by atoms with Gasteiger partial charge in [-0.05, 0) is 19.1 Å². The minimum absolute atomic E-state index is 0.0417. The molecule has 112 valence electrons. The van der Waals surface area contributed by atoms with Gasteiger partial charge in [0.15, 0.2) is 5.13 Å². The summed E-state index contributed by atoms with van der Waals surface area (Å²) in [7, 11) is 0. The number of thioether (sulfide) groups is 2. The summed E-state index contributed by atoms with van der Waals surface area (Å²) in [5.41, 5.74) is 6.53. The SMILES string of the molecule is Cc1nc(N)sc1SCC(=O)NCCSc1ccccc1. The van der Waals surface area contributed by atoms with Gasteiger partial charge >= 0.3 is 0 Å². The van der Waals surface area contributed by atoms with Crippen molar-refractivity contribution in [3.63, 3.8) is 0 Å². The molecule has 2 aromatic rings. The number of nitrogen functional groups attached to an aromatic ring is 1. The smallest absolute Gasteiger partial charge is 0.230 e. The second-order valence-electron chi connectivity index (χ2n) is 4.23. The first kappa shape index (κ1) is 16.2. The molecule has 2 rings (SSSR count). The van der Waals surface area contributed by atoms with E-state index in [1.54, 1.807) is 11.8 Å². The molecule has 1 aromatic heterocycles. The van der Waals surface area contributed by atoms with Gasteiger partial charge in [0.25, 0.3) is 0 Å². The predicted molar refractivity (Wildman–Crippen MR) is 92.2 cm³/mol. The maximum absolute atomic E-state index is 11.8. The maximum atomic E-state index is 11.8. The molecule has 0 unspecified atom stereocenters. The summed E-state index contributed by atoms with van der Waals surface area (Å²) in [4.78, 5) is 17.1. The van der Waals surface area contributed by atoms with Gasteiger partial charge in [-0.3, -0.25) is 4.79 Å². The average molecular weight is 340 g/mol. The number of thiazole rings is 1. The number of benzene rings is 1. The Morgan fingerprint density at radius 1 is 1.33 bits per heavy atom. The van der Waals surface area contributed by atoms with Crippen LogP contribution in [0.1, 0.15) is 5.69 Å². The van der Waals surface area contributed by atoms with Crippen LogP contribution in [-0.2, 0) is 4.79 Å². The Morgan fingerprint density at radius 3 is 2.76 bits per heavy atom. The third-order valence-corrected chi connectivity index (χ3v) is 5.90. The molecule has 0 saturated carbocycles. The minimum atomic E-state index is 0.0417. The summed E-state index contributed by atoms with van der Waals surface area (Å²) < 4.78 is 1.02. The summed E-state index contributed by atoms with van der Waals surface area (Å²) in [5, 5.41) is 3.47. The molecule has 1 aromatic carbocycles. The molecule has 3 N–H and O–H groups in total. The number of nitrogens with one attached hydrogen (secondary N) is 1. The molecule has 1 amide bonds. The largest absolute Gasteiger partial charge is 0.375 e. The summed E-state index contributed by atoms with van der Waals surface area (Å²) in [5.74, 6) is 1.31. The van der Waals surface area contributed by atoms with E-state index in [1.165, 1.54) is 28.0 Å². The number of amides is 1. The predicted octanol–water partition coefficient (Wildman–Crippen LogP) is 3.03. The van der Waals surface area contributed by atoms with E-state index in [0.717, 1.165) is 15.7 Å². The number of carbonyl (C=O) groups excluding carboxylic acids is 1. The molecule has 0 aliphatic rings. The van der Waals surface area contributed by atoms with E-state index in [-0.39, 0.29) is 5.91 Å². The molecule has 0 atom stereocenters. The Hall–Kier alpha value is -1.18. The highest BCUT2D eigenvalue weighted by atomic mass is 32.2. The van der Waals surface area contributed by atoms with Crippen LogP contribution in [0.4, 0.5) is 5.13 Å². The fourth-order valence-corrected chi connectivity index (χ4v) is 4.24. The Bertz CT molecular complexity index is 586. The van der Waals surface area contributed by atoms with Crippen LogP contribution in [0.2, 0.25) is 0 Å². The summed E-state index contributed by atoms with van der Waals surface area (Å²) in [6.45, 7) is 2.58. The fraction of sp³-hybridized carbons (Fsp3) is 0.286. The first-order valence-electron chi connectivity index (χ1n) is 6.45. The van der Waals surface area contributed by atoms with Gasteiger partial charge in [-0.1, -0.05) is 29.5 Å². The molecule has 0 fully saturated rings. The average Bonchev–Trinajstić information content (AvgIpc) is 2.80. The molecule has 21 heavy (non-hydrogen) atoms. The molecular formula is C14H17N3OS3. The Balaban J connectivity index is 1.63. The van der Waals surface area contributed by atoms with Crippen LogP contribution in [0.5, 0.6) is 0 Å². The number of carbonyl (C=O) groups is 1. The highest BCUT2D eigenvalue weighted by Crippen LogP contribution is 2.30. The summed E-state index contributed by atoms with van der Waals surface area (Å²) in [6.07, 6.45) is 0. The zero-order valence-electron chi connectivity index (χ0n) is 11.7. The monoisotopic (exact) mass is 339 g/mol. The van der Waals surface area contributed by atoms with Gasteiger partial charge in [0.1, 0.15) is 0 Å². The molecule has 0 saturated heterocycles. The van der Waals surface area contributed by atoms with Crippen LogP contribution in [0.15, 0.2) is 39.4 Å². The van der Waals surface area contributed by atoms with E-state index >= 15 is 0 Å². The molecule has 0 aliphatic carbocycles. The molecule has 1 heterocycles. The Morgan fingerprint density at radius 2 is 2.10 bits per heavy atom. The molecule has 0 radical (unpaired) electrons. The second kappa shape index (κ2) is 8.31. The first-order chi connectivity index (χ1) is 10.1. The number of hydrogen-bond acceptors (Lipinski definition) is 6. The van der Waals surface area contributed by atoms with Crippen molar-refractivity contribution < 1.29 is 4.79 Å². The van der Waals surface area contributed by atoms with Gasteiger partial charge in [-0.15, -0.1) is 23.5 Å². The van der Waals surface area contributed by atoms with Crippen LogP contribution in [0.3, 0.4) is 0 Å². The number of nitrogens with zero attached hydrogens (tertiary/aromatic N) is 1. The van der Waals surface area contributed by atoms with Gasteiger partial charge in [0, 0.05) is 17.2 Å². The normalized spacial score (nSPS) is 10.5. The van der Waals surface area contributed by atoms with Gasteiger partial charge in [0.05, 0.1) is 15.7 Å². The van der Waals surface area contributed by atoms with Crippen molar-refractivity contribution in [1.29, 1.82) is 0 Å². The standard InChI is InChI=1S/C14H17N3OS3/c1-10-13(21-14(15)17-10)20-9-12(18)16-7-8-19-11-5-3-2-4-6-11/h2-6H,7-9H2,1H3,(H2,15,17)(H,16,18). The maximum Gasteiger partial charge on any atom is 0.230 e. The summed E-state index contributed by atoms with van der Waals surface area (Å²) >= 11 is 4.65. The lowest BCUT2D eigenvalue weighted by molar-refractivity contribution is -0.118. The highest BCUT2D eigenvalue weighted by Gasteiger charge is 2.08. The van der Waals surface area contributed by atoms with Gasteiger partial charge in [-0.25, -0.2) is 4.98 Å². The Kier molecular flexibility index (Phi) is 6.41. The molecule has 0 aliphatic heterocycles. The minimum Gasteiger partial charge on any atom is -0.375 e. The number of anilines is 1. The lowest BCUT2D eigenvalue weighted by Crippen LogP contribution is -2.27. The quantitative estimate of drug-likeness (QED) is 0.599. The number of hydrogen-bond donors (Lipinski definition) is 2. The van der Waals surface area contributed by atoms with Crippen molar-refractivity contribution in [3.05, 3.63) is 36.0 Å². The number of aromatic nitrogens is 1.